The van der Waals surface area contributed by atoms with E-state index in [0.717, 1.165) is 51.4 Å². The second-order valence-corrected chi connectivity index (χ2v) is 23.4. The quantitative estimate of drug-likeness (QED) is 0.0334. The fraction of sp³-hybridized carbons (Fsp3) is 0.941. The van der Waals surface area contributed by atoms with Gasteiger partial charge in [-0.3, -0.25) is 9.59 Å². The third kappa shape index (κ3) is 70.6. The van der Waals surface area contributed by atoms with E-state index in [1.54, 1.807) is 0 Å². The number of carbonyl (C=O) groups is 4. The maximum Gasteiger partial charge on any atom is 2.00 e. The van der Waals surface area contributed by atoms with Crippen LogP contribution in [0.1, 0.15) is 400 Å². The van der Waals surface area contributed by atoms with Gasteiger partial charge in [-0.1, -0.05) is 336 Å². The Bertz CT molecular complexity index is 1110. The van der Waals surface area contributed by atoms with E-state index in [1.165, 1.54) is 283 Å². The van der Waals surface area contributed by atoms with Crippen LogP contribution in [0.2, 0.25) is 0 Å². The monoisotopic (exact) mass is 1140 g/mol. The van der Waals surface area contributed by atoms with Crippen LogP contribution in [0.4, 0.5) is 0 Å². The van der Waals surface area contributed by atoms with Crippen LogP contribution in [0.25, 0.3) is 0 Å². The molecule has 0 saturated carbocycles. The molecule has 0 fully saturated rings. The molecule has 0 aliphatic heterocycles. The summed E-state index contributed by atoms with van der Waals surface area (Å²) in [6.07, 6.45) is 67.1. The minimum atomic E-state index is -1.13. The van der Waals surface area contributed by atoms with Crippen molar-refractivity contribution in [2.75, 3.05) is 0 Å². The third-order valence-corrected chi connectivity index (χ3v) is 15.6. The number of carbonyl (C=O) groups excluding carboxylic acids is 4. The Labute approximate surface area is 492 Å². The van der Waals surface area contributed by atoms with Crippen molar-refractivity contribution in [3.8, 4) is 0 Å². The maximum absolute atomic E-state index is 12.2. The second kappa shape index (κ2) is 68.8. The summed E-state index contributed by atoms with van der Waals surface area (Å²) in [6.45, 7) is 9.05. The summed E-state index contributed by atoms with van der Waals surface area (Å²) >= 11 is 0. The van der Waals surface area contributed by atoms with E-state index in [1.807, 2.05) is 0 Å². The van der Waals surface area contributed by atoms with Crippen LogP contribution in [0.15, 0.2) is 0 Å². The zero-order chi connectivity index (χ0) is 55.9. The van der Waals surface area contributed by atoms with Crippen molar-refractivity contribution in [1.29, 1.82) is 0 Å². The average molecular weight is 1140 g/mol. The number of aliphatic carboxylic acids is 2. The predicted octanol–water partition coefficient (Wildman–Crippen LogP) is 20.0. The van der Waals surface area contributed by atoms with E-state index in [9.17, 15) is 29.4 Å². The Morgan fingerprint density at radius 2 is 0.416 bits per heavy atom. The third-order valence-electron chi connectivity index (χ3n) is 15.6. The van der Waals surface area contributed by atoms with Gasteiger partial charge >= 0.3 is 31.4 Å². The smallest absolute Gasteiger partial charge is 0.550 e. The van der Waals surface area contributed by atoms with Crippen LogP contribution in [-0.4, -0.2) is 36.1 Å². The average Bonchev–Trinajstić information content (AvgIpc) is 3.39. The fourth-order valence-corrected chi connectivity index (χ4v) is 10.6. The standard InChI is InChI=1S/2C34H66O4.Zn/c2*1-3-5-7-9-11-13-15-17-19-21-23-25-27-29-32(31-33(35)36)38-34(37)30-28-26-24-22-20-18-16-14-12-10-8-6-4-2;/h2*32H,3-31H2,1-2H3,(H,35,36);/q;;+2/p-2. The number of rotatable bonds is 62. The minimum Gasteiger partial charge on any atom is -0.550 e. The molecule has 452 valence electrons. The van der Waals surface area contributed by atoms with E-state index >= 15 is 0 Å². The molecule has 0 amide bonds. The van der Waals surface area contributed by atoms with Crippen LogP contribution < -0.4 is 10.2 Å². The summed E-state index contributed by atoms with van der Waals surface area (Å²) in [7, 11) is 0. The van der Waals surface area contributed by atoms with Crippen LogP contribution >= 0.6 is 0 Å². The van der Waals surface area contributed by atoms with Crippen LogP contribution in [0, 0.1) is 0 Å². The number of hydrogen-bond donors (Lipinski definition) is 0. The molecule has 0 aromatic carbocycles. The summed E-state index contributed by atoms with van der Waals surface area (Å²) < 4.78 is 11.0. The molecule has 0 N–H and O–H groups in total. The van der Waals surface area contributed by atoms with Crippen molar-refractivity contribution in [1.82, 2.24) is 0 Å². The molecule has 2 unspecified atom stereocenters. The molecule has 8 nitrogen and oxygen atoms in total. The van der Waals surface area contributed by atoms with Gasteiger partial charge in [0.1, 0.15) is 12.2 Å². The van der Waals surface area contributed by atoms with Crippen molar-refractivity contribution in [3.05, 3.63) is 0 Å². The first-order chi connectivity index (χ1) is 37.2. The van der Waals surface area contributed by atoms with Gasteiger partial charge in [0.25, 0.3) is 0 Å². The molecule has 9 heteroatoms. The van der Waals surface area contributed by atoms with Gasteiger partial charge in [-0.25, -0.2) is 0 Å². The molecule has 0 heterocycles. The second-order valence-electron chi connectivity index (χ2n) is 23.4. The number of carboxylic acid groups (broad SMARTS) is 2. The van der Waals surface area contributed by atoms with E-state index in [2.05, 4.69) is 27.7 Å². The van der Waals surface area contributed by atoms with Crippen molar-refractivity contribution < 1.29 is 58.3 Å². The van der Waals surface area contributed by atoms with Crippen LogP contribution in [0.3, 0.4) is 0 Å². The summed E-state index contributed by atoms with van der Waals surface area (Å²) in [5.74, 6) is -2.74. The molecule has 0 aliphatic carbocycles. The number of hydrogen-bond acceptors (Lipinski definition) is 8. The SMILES string of the molecule is CCCCCCCCCCCCCCCC(=O)OC(CCCCCCCCCCCCCCC)CC(=O)[O-].CCCCCCCCCCCCCCCC(=O)OC(CCCCCCCCCCCCCCC)CC(=O)[O-].[Zn+2]. The molecule has 0 spiro atoms. The van der Waals surface area contributed by atoms with Crippen molar-refractivity contribution in [3.63, 3.8) is 0 Å². The largest absolute Gasteiger partial charge is 2.00 e. The van der Waals surface area contributed by atoms with Crippen molar-refractivity contribution in [2.24, 2.45) is 0 Å². The first kappa shape index (κ1) is 79.7. The van der Waals surface area contributed by atoms with Gasteiger partial charge in [0.15, 0.2) is 0 Å². The van der Waals surface area contributed by atoms with Gasteiger partial charge in [-0.05, 0) is 38.5 Å². The van der Waals surface area contributed by atoms with E-state index in [0.29, 0.717) is 25.7 Å². The van der Waals surface area contributed by atoms with Crippen molar-refractivity contribution >= 4 is 23.9 Å². The Balaban J connectivity index is -0.00000140. The normalized spacial score (nSPS) is 11.9. The van der Waals surface area contributed by atoms with Crippen molar-refractivity contribution in [2.45, 2.75) is 412 Å². The summed E-state index contributed by atoms with van der Waals surface area (Å²) in [6, 6.07) is 0. The van der Waals surface area contributed by atoms with Crippen LogP contribution in [-0.2, 0) is 48.1 Å². The minimum absolute atomic E-state index is 0. The van der Waals surface area contributed by atoms with E-state index in [-0.39, 0.29) is 44.3 Å². The van der Waals surface area contributed by atoms with Crippen LogP contribution in [0.5, 0.6) is 0 Å². The molecule has 0 aromatic rings. The Morgan fingerprint density at radius 1 is 0.260 bits per heavy atom. The molecule has 0 saturated heterocycles. The van der Waals surface area contributed by atoms with Gasteiger partial charge in [-0.2, -0.15) is 0 Å². The maximum atomic E-state index is 12.2. The predicted molar refractivity (Wildman–Crippen MR) is 320 cm³/mol. The topological polar surface area (TPSA) is 133 Å². The number of ether oxygens (including phenoxy) is 2. The number of esters is 2. The molecular weight excluding hydrogens is 1010 g/mol. The number of unbranched alkanes of at least 4 members (excludes halogenated alkanes) is 48. The molecule has 77 heavy (non-hydrogen) atoms. The Hall–Kier alpha value is -1.50. The molecule has 0 radical (unpaired) electrons. The first-order valence-electron chi connectivity index (χ1n) is 34.0. The molecule has 2 atom stereocenters. The number of carboxylic acids is 2. The fourth-order valence-electron chi connectivity index (χ4n) is 10.6. The molecule has 0 aliphatic rings. The first-order valence-corrected chi connectivity index (χ1v) is 34.0. The Kier molecular flexibility index (Phi) is 71.2. The van der Waals surface area contributed by atoms with Gasteiger partial charge < -0.3 is 29.3 Å². The summed E-state index contributed by atoms with van der Waals surface area (Å²) in [4.78, 5) is 46.7. The summed E-state index contributed by atoms with van der Waals surface area (Å²) in [5, 5.41) is 22.2. The van der Waals surface area contributed by atoms with E-state index in [4.69, 9.17) is 9.47 Å². The molecule has 0 rings (SSSR count). The van der Waals surface area contributed by atoms with Gasteiger partial charge in [0.05, 0.1) is 0 Å². The summed E-state index contributed by atoms with van der Waals surface area (Å²) in [5.41, 5.74) is 0. The van der Waals surface area contributed by atoms with E-state index < -0.39 is 24.1 Å². The zero-order valence-corrected chi connectivity index (χ0v) is 55.1. The molecule has 0 bridgehead atoms. The zero-order valence-electron chi connectivity index (χ0n) is 52.1. The Morgan fingerprint density at radius 3 is 0.584 bits per heavy atom. The molecular formula is C68H130O8Zn. The molecule has 0 aromatic heterocycles. The van der Waals surface area contributed by atoms with Gasteiger partial charge in [-0.15, -0.1) is 0 Å². The van der Waals surface area contributed by atoms with Gasteiger partial charge in [0.2, 0.25) is 0 Å². The van der Waals surface area contributed by atoms with Gasteiger partial charge in [0, 0.05) is 37.6 Å².